The topological polar surface area (TPSA) is 69.6 Å². The summed E-state index contributed by atoms with van der Waals surface area (Å²) >= 11 is 6.20. The van der Waals surface area contributed by atoms with E-state index in [0.29, 0.717) is 25.9 Å². The van der Waals surface area contributed by atoms with Gasteiger partial charge in [0.1, 0.15) is 0 Å². The Morgan fingerprint density at radius 3 is 2.65 bits per heavy atom. The molecule has 1 aromatic rings. The lowest BCUT2D eigenvalue weighted by atomic mass is 9.86. The third-order valence-corrected chi connectivity index (χ3v) is 5.25. The lowest BCUT2D eigenvalue weighted by molar-refractivity contribution is -0.142. The lowest BCUT2D eigenvalue weighted by Gasteiger charge is -2.33. The van der Waals surface area contributed by atoms with Crippen molar-refractivity contribution >= 4 is 23.6 Å². The van der Waals surface area contributed by atoms with E-state index >= 15 is 0 Å². The zero-order chi connectivity index (χ0) is 16.4. The van der Waals surface area contributed by atoms with Gasteiger partial charge in [-0.2, -0.15) is 0 Å². The van der Waals surface area contributed by atoms with Crippen molar-refractivity contribution < 1.29 is 14.7 Å². The van der Waals surface area contributed by atoms with Crippen LogP contribution in [0.2, 0.25) is 5.02 Å². The molecule has 5 nitrogen and oxygen atoms in total. The quantitative estimate of drug-likeness (QED) is 0.872. The standard InChI is InChI=1S/C17H21ClN2O3/c18-15-3-1-2-12-10-20(9-8-14(12)15)17(23)19-13-6-4-11(5-7-13)16(21)22/h1-3,11,13H,4-10H2,(H,19,23)(H,21,22). The molecule has 0 saturated heterocycles. The molecule has 1 aliphatic carbocycles. The Balaban J connectivity index is 1.55. The first-order valence-corrected chi connectivity index (χ1v) is 8.47. The molecule has 23 heavy (non-hydrogen) atoms. The number of carboxylic acids is 1. The molecule has 1 aromatic carbocycles. The third kappa shape index (κ3) is 3.61. The Morgan fingerprint density at radius 2 is 1.96 bits per heavy atom. The first-order valence-electron chi connectivity index (χ1n) is 8.09. The highest BCUT2D eigenvalue weighted by Gasteiger charge is 2.28. The monoisotopic (exact) mass is 336 g/mol. The van der Waals surface area contributed by atoms with Crippen molar-refractivity contribution in [2.24, 2.45) is 5.92 Å². The Hall–Kier alpha value is -1.75. The van der Waals surface area contributed by atoms with Crippen LogP contribution in [0.1, 0.15) is 36.8 Å². The van der Waals surface area contributed by atoms with Gasteiger partial charge in [-0.25, -0.2) is 4.79 Å². The summed E-state index contributed by atoms with van der Waals surface area (Å²) in [6.45, 7) is 1.24. The van der Waals surface area contributed by atoms with Crippen LogP contribution in [0.25, 0.3) is 0 Å². The van der Waals surface area contributed by atoms with Gasteiger partial charge < -0.3 is 15.3 Å². The number of benzene rings is 1. The van der Waals surface area contributed by atoms with Crippen molar-refractivity contribution in [2.45, 2.75) is 44.7 Å². The molecule has 3 rings (SSSR count). The van der Waals surface area contributed by atoms with Crippen LogP contribution in [0, 0.1) is 5.92 Å². The molecule has 0 atom stereocenters. The zero-order valence-electron chi connectivity index (χ0n) is 12.9. The van der Waals surface area contributed by atoms with Crippen molar-refractivity contribution in [2.75, 3.05) is 6.54 Å². The Labute approximate surface area is 140 Å². The van der Waals surface area contributed by atoms with E-state index in [-0.39, 0.29) is 18.0 Å². The van der Waals surface area contributed by atoms with Gasteiger partial charge in [-0.3, -0.25) is 4.79 Å². The molecule has 1 saturated carbocycles. The summed E-state index contributed by atoms with van der Waals surface area (Å²) in [5.74, 6) is -0.980. The predicted octanol–water partition coefficient (Wildman–Crippen LogP) is 3.05. The van der Waals surface area contributed by atoms with E-state index in [1.165, 1.54) is 0 Å². The molecule has 0 spiro atoms. The van der Waals surface area contributed by atoms with Gasteiger partial charge in [-0.05, 0) is 49.3 Å². The summed E-state index contributed by atoms with van der Waals surface area (Å²) < 4.78 is 0. The molecule has 0 unspecified atom stereocenters. The number of hydrogen-bond donors (Lipinski definition) is 2. The van der Waals surface area contributed by atoms with Gasteiger partial charge in [0.25, 0.3) is 0 Å². The maximum Gasteiger partial charge on any atom is 0.317 e. The number of nitrogens with one attached hydrogen (secondary N) is 1. The lowest BCUT2D eigenvalue weighted by Crippen LogP contribution is -2.47. The number of urea groups is 1. The minimum atomic E-state index is -0.723. The second-order valence-electron chi connectivity index (χ2n) is 6.39. The smallest absolute Gasteiger partial charge is 0.317 e. The normalized spacial score (nSPS) is 24.0. The van der Waals surface area contributed by atoms with E-state index in [1.54, 1.807) is 0 Å². The Bertz CT molecular complexity index is 612. The van der Waals surface area contributed by atoms with Gasteiger partial charge in [-0.15, -0.1) is 0 Å². The molecule has 2 aliphatic rings. The number of amides is 2. The molecular weight excluding hydrogens is 316 g/mol. The molecule has 1 aliphatic heterocycles. The van der Waals surface area contributed by atoms with Crippen molar-refractivity contribution in [3.63, 3.8) is 0 Å². The van der Waals surface area contributed by atoms with E-state index in [1.807, 2.05) is 23.1 Å². The molecule has 124 valence electrons. The Morgan fingerprint density at radius 1 is 1.22 bits per heavy atom. The largest absolute Gasteiger partial charge is 0.481 e. The number of carbonyl (C=O) groups is 2. The van der Waals surface area contributed by atoms with Crippen LogP contribution >= 0.6 is 11.6 Å². The number of hydrogen-bond acceptors (Lipinski definition) is 2. The Kier molecular flexibility index (Phi) is 4.76. The van der Waals surface area contributed by atoms with Crippen molar-refractivity contribution in [3.05, 3.63) is 34.3 Å². The molecular formula is C17H21ClN2O3. The highest BCUT2D eigenvalue weighted by Crippen LogP contribution is 2.27. The van der Waals surface area contributed by atoms with Gasteiger partial charge in [0.15, 0.2) is 0 Å². The minimum Gasteiger partial charge on any atom is -0.481 e. The average Bonchev–Trinajstić information content (AvgIpc) is 2.55. The fourth-order valence-electron chi connectivity index (χ4n) is 3.49. The fraction of sp³-hybridized carbons (Fsp3) is 0.529. The van der Waals surface area contributed by atoms with Crippen molar-refractivity contribution in [3.8, 4) is 0 Å². The summed E-state index contributed by atoms with van der Waals surface area (Å²) in [4.78, 5) is 25.2. The molecule has 1 heterocycles. The van der Waals surface area contributed by atoms with E-state index in [0.717, 1.165) is 35.4 Å². The maximum absolute atomic E-state index is 12.4. The van der Waals surface area contributed by atoms with E-state index in [9.17, 15) is 9.59 Å². The second kappa shape index (κ2) is 6.79. The van der Waals surface area contributed by atoms with Crippen molar-refractivity contribution in [1.29, 1.82) is 0 Å². The maximum atomic E-state index is 12.4. The van der Waals surface area contributed by atoms with Crippen LogP contribution in [0.15, 0.2) is 18.2 Å². The number of carbonyl (C=O) groups excluding carboxylic acids is 1. The second-order valence-corrected chi connectivity index (χ2v) is 6.79. The number of carboxylic acid groups (broad SMARTS) is 1. The van der Waals surface area contributed by atoms with Crippen LogP contribution in [-0.2, 0) is 17.8 Å². The van der Waals surface area contributed by atoms with Crippen LogP contribution in [0.5, 0.6) is 0 Å². The van der Waals surface area contributed by atoms with Crippen LogP contribution in [0.4, 0.5) is 4.79 Å². The number of halogens is 1. The molecule has 2 N–H and O–H groups in total. The fourth-order valence-corrected chi connectivity index (χ4v) is 3.78. The van der Waals surface area contributed by atoms with E-state index in [2.05, 4.69) is 5.32 Å². The number of aliphatic carboxylic acids is 1. The molecule has 1 fully saturated rings. The summed E-state index contributed by atoms with van der Waals surface area (Å²) in [7, 11) is 0. The summed E-state index contributed by atoms with van der Waals surface area (Å²) in [5, 5.41) is 12.8. The van der Waals surface area contributed by atoms with E-state index < -0.39 is 5.97 Å². The SMILES string of the molecule is O=C(O)C1CCC(NC(=O)N2CCc3c(Cl)cccc3C2)CC1. The van der Waals surface area contributed by atoms with Crippen LogP contribution in [0.3, 0.4) is 0 Å². The average molecular weight is 337 g/mol. The summed E-state index contributed by atoms with van der Waals surface area (Å²) in [6.07, 6.45) is 3.52. The highest BCUT2D eigenvalue weighted by atomic mass is 35.5. The van der Waals surface area contributed by atoms with Gasteiger partial charge in [0, 0.05) is 24.2 Å². The first kappa shape index (κ1) is 16.1. The molecule has 0 radical (unpaired) electrons. The van der Waals surface area contributed by atoms with E-state index in [4.69, 9.17) is 16.7 Å². The molecule has 2 amide bonds. The van der Waals surface area contributed by atoms with Gasteiger partial charge in [0.2, 0.25) is 0 Å². The number of rotatable bonds is 2. The van der Waals surface area contributed by atoms with Crippen LogP contribution in [-0.4, -0.2) is 34.6 Å². The predicted molar refractivity (Wildman–Crippen MR) is 87.5 cm³/mol. The highest BCUT2D eigenvalue weighted by molar-refractivity contribution is 6.31. The van der Waals surface area contributed by atoms with Gasteiger partial charge in [-0.1, -0.05) is 23.7 Å². The summed E-state index contributed by atoms with van der Waals surface area (Å²) in [5.41, 5.74) is 2.24. The number of fused-ring (bicyclic) bond motifs is 1. The first-order chi connectivity index (χ1) is 11.0. The summed E-state index contributed by atoms with van der Waals surface area (Å²) in [6, 6.07) is 5.83. The van der Waals surface area contributed by atoms with Gasteiger partial charge in [0.05, 0.1) is 5.92 Å². The van der Waals surface area contributed by atoms with Crippen LogP contribution < -0.4 is 5.32 Å². The molecule has 0 bridgehead atoms. The van der Waals surface area contributed by atoms with Gasteiger partial charge >= 0.3 is 12.0 Å². The van der Waals surface area contributed by atoms with Crippen molar-refractivity contribution in [1.82, 2.24) is 10.2 Å². The minimum absolute atomic E-state index is 0.0607. The number of nitrogens with zero attached hydrogens (tertiary/aromatic N) is 1. The zero-order valence-corrected chi connectivity index (χ0v) is 13.7. The molecule has 6 heteroatoms. The molecule has 0 aromatic heterocycles. The third-order valence-electron chi connectivity index (χ3n) is 4.90.